The second kappa shape index (κ2) is 8.42. The molecule has 2 saturated heterocycles. The molecule has 6 heteroatoms. The third kappa shape index (κ3) is 4.64. The van der Waals surface area contributed by atoms with Gasteiger partial charge in [0.25, 0.3) is 0 Å². The largest absolute Gasteiger partial charge is 0.444 e. The zero-order chi connectivity index (χ0) is 21.6. The summed E-state index contributed by atoms with van der Waals surface area (Å²) >= 11 is 0. The number of hydrogen-bond donors (Lipinski definition) is 0. The standard InChI is InChI=1S/C25H38N2O4/c1-25(2,3)30-24(28)27-18-11-12-19(27)14-20(13-18)29-15-21-22(16-7-5-4-6-8-16)26-31-23(21)17-9-10-17/h16-20H,4-15H2,1-3H3/t18-,19?,20+/m0/s1. The summed E-state index contributed by atoms with van der Waals surface area (Å²) in [7, 11) is 0. The number of nitrogens with zero attached hydrogens (tertiary/aromatic N) is 2. The average molecular weight is 431 g/mol. The highest BCUT2D eigenvalue weighted by Gasteiger charge is 2.45. The summed E-state index contributed by atoms with van der Waals surface area (Å²) in [5, 5.41) is 4.55. The predicted octanol–water partition coefficient (Wildman–Crippen LogP) is 6.05. The van der Waals surface area contributed by atoms with Crippen molar-refractivity contribution in [3.05, 3.63) is 17.0 Å². The molecule has 1 aromatic rings. The van der Waals surface area contributed by atoms with Gasteiger partial charge >= 0.3 is 6.09 Å². The van der Waals surface area contributed by atoms with Crippen LogP contribution in [0.15, 0.2) is 4.52 Å². The van der Waals surface area contributed by atoms with Crippen LogP contribution in [0.1, 0.15) is 120 Å². The molecule has 3 heterocycles. The van der Waals surface area contributed by atoms with Crippen LogP contribution < -0.4 is 0 Å². The number of amides is 1. The van der Waals surface area contributed by atoms with Crippen LogP contribution in [0.3, 0.4) is 0 Å². The number of rotatable bonds is 5. The quantitative estimate of drug-likeness (QED) is 0.569. The van der Waals surface area contributed by atoms with Crippen LogP contribution >= 0.6 is 0 Å². The van der Waals surface area contributed by atoms with Crippen molar-refractivity contribution in [3.8, 4) is 0 Å². The van der Waals surface area contributed by atoms with Crippen LogP contribution in [-0.4, -0.2) is 39.9 Å². The lowest BCUT2D eigenvalue weighted by atomic mass is 9.85. The molecule has 1 unspecified atom stereocenters. The molecule has 0 radical (unpaired) electrons. The molecule has 0 spiro atoms. The van der Waals surface area contributed by atoms with E-state index in [0.29, 0.717) is 18.4 Å². The molecule has 1 aromatic heterocycles. The van der Waals surface area contributed by atoms with Crippen LogP contribution in [0.2, 0.25) is 0 Å². The van der Waals surface area contributed by atoms with Gasteiger partial charge in [0.2, 0.25) is 0 Å². The number of piperidine rings is 1. The van der Waals surface area contributed by atoms with E-state index in [-0.39, 0.29) is 24.3 Å². The van der Waals surface area contributed by atoms with E-state index in [1.54, 1.807) is 0 Å². The van der Waals surface area contributed by atoms with Gasteiger partial charge < -0.3 is 18.9 Å². The molecule has 2 saturated carbocycles. The fourth-order valence-corrected chi connectivity index (χ4v) is 5.92. The van der Waals surface area contributed by atoms with E-state index in [4.69, 9.17) is 14.0 Å². The summed E-state index contributed by atoms with van der Waals surface area (Å²) in [6.45, 7) is 6.41. The number of aromatic nitrogens is 1. The number of ether oxygens (including phenoxy) is 2. The first-order valence-corrected chi connectivity index (χ1v) is 12.5. The van der Waals surface area contributed by atoms with Crippen molar-refractivity contribution in [2.24, 2.45) is 0 Å². The zero-order valence-electron chi connectivity index (χ0n) is 19.4. The van der Waals surface area contributed by atoms with Gasteiger partial charge in [-0.15, -0.1) is 0 Å². The van der Waals surface area contributed by atoms with Gasteiger partial charge in [0.1, 0.15) is 11.4 Å². The van der Waals surface area contributed by atoms with Crippen molar-refractivity contribution in [1.82, 2.24) is 10.1 Å². The third-order valence-corrected chi connectivity index (χ3v) is 7.55. The van der Waals surface area contributed by atoms with Gasteiger partial charge in [-0.25, -0.2) is 4.79 Å². The molecule has 2 aliphatic carbocycles. The molecule has 1 amide bonds. The maximum absolute atomic E-state index is 12.7. The minimum Gasteiger partial charge on any atom is -0.444 e. The van der Waals surface area contributed by atoms with Crippen LogP contribution in [-0.2, 0) is 16.1 Å². The summed E-state index contributed by atoms with van der Waals surface area (Å²) in [4.78, 5) is 14.7. The van der Waals surface area contributed by atoms with Gasteiger partial charge in [-0.2, -0.15) is 0 Å². The number of hydrogen-bond acceptors (Lipinski definition) is 5. The van der Waals surface area contributed by atoms with Gasteiger partial charge in [0.15, 0.2) is 0 Å². The highest BCUT2D eigenvalue weighted by atomic mass is 16.6. The number of carbonyl (C=O) groups excluding carboxylic acids is 1. The van der Waals surface area contributed by atoms with E-state index < -0.39 is 5.60 Å². The highest BCUT2D eigenvalue weighted by molar-refractivity contribution is 5.69. The molecule has 2 aliphatic heterocycles. The Labute approximate surface area is 186 Å². The lowest BCUT2D eigenvalue weighted by Crippen LogP contribution is -2.50. The molecule has 31 heavy (non-hydrogen) atoms. The fourth-order valence-electron chi connectivity index (χ4n) is 5.92. The molecule has 4 aliphatic rings. The highest BCUT2D eigenvalue weighted by Crippen LogP contribution is 2.45. The minimum atomic E-state index is -0.452. The van der Waals surface area contributed by atoms with Crippen molar-refractivity contribution >= 4 is 6.09 Å². The Morgan fingerprint density at radius 1 is 1.00 bits per heavy atom. The van der Waals surface area contributed by atoms with Gasteiger partial charge in [0.05, 0.1) is 18.4 Å². The van der Waals surface area contributed by atoms with E-state index in [0.717, 1.165) is 31.4 Å². The Morgan fingerprint density at radius 3 is 2.29 bits per heavy atom. The summed E-state index contributed by atoms with van der Waals surface area (Å²) in [5.41, 5.74) is 1.97. The molecule has 6 nitrogen and oxygen atoms in total. The summed E-state index contributed by atoms with van der Waals surface area (Å²) in [6.07, 6.45) is 12.7. The molecule has 2 bridgehead atoms. The second-order valence-corrected chi connectivity index (χ2v) is 11.2. The Hall–Kier alpha value is -1.56. The molecule has 0 N–H and O–H groups in total. The molecule has 5 rings (SSSR count). The first kappa shape index (κ1) is 21.3. The Balaban J connectivity index is 1.24. The molecular weight excluding hydrogens is 392 g/mol. The van der Waals surface area contributed by atoms with E-state index in [9.17, 15) is 4.79 Å². The molecular formula is C25H38N2O4. The minimum absolute atomic E-state index is 0.159. The summed E-state index contributed by atoms with van der Waals surface area (Å²) in [6, 6.07) is 0.476. The second-order valence-electron chi connectivity index (χ2n) is 11.2. The van der Waals surface area contributed by atoms with Gasteiger partial charge in [-0.1, -0.05) is 24.4 Å². The van der Waals surface area contributed by atoms with Crippen molar-refractivity contribution in [3.63, 3.8) is 0 Å². The average Bonchev–Trinajstić information content (AvgIpc) is 3.42. The van der Waals surface area contributed by atoms with Gasteiger partial charge in [-0.05, 0) is 72.1 Å². The number of carbonyl (C=O) groups is 1. The fraction of sp³-hybridized carbons (Fsp3) is 0.840. The van der Waals surface area contributed by atoms with Crippen molar-refractivity contribution in [2.75, 3.05) is 0 Å². The molecule has 172 valence electrons. The van der Waals surface area contributed by atoms with Crippen LogP contribution in [0.5, 0.6) is 0 Å². The third-order valence-electron chi connectivity index (χ3n) is 7.55. The Kier molecular flexibility index (Phi) is 5.78. The SMILES string of the molecule is CC(C)(C)OC(=O)N1C2CC[C@H]1C[C@@H](OCc1c(C3CCCCC3)noc1C1CC1)C2. The lowest BCUT2D eigenvalue weighted by Gasteiger charge is -2.39. The van der Waals surface area contributed by atoms with Crippen LogP contribution in [0, 0.1) is 0 Å². The molecule has 4 fully saturated rings. The van der Waals surface area contributed by atoms with E-state index in [1.807, 2.05) is 25.7 Å². The summed E-state index contributed by atoms with van der Waals surface area (Å²) < 4.78 is 18.0. The molecule has 3 atom stereocenters. The zero-order valence-corrected chi connectivity index (χ0v) is 19.4. The first-order chi connectivity index (χ1) is 14.9. The normalized spacial score (nSPS) is 29.4. The molecule has 0 aromatic carbocycles. The lowest BCUT2D eigenvalue weighted by molar-refractivity contribution is -0.0400. The Morgan fingerprint density at radius 2 is 1.68 bits per heavy atom. The predicted molar refractivity (Wildman–Crippen MR) is 117 cm³/mol. The summed E-state index contributed by atoms with van der Waals surface area (Å²) in [5.74, 6) is 2.18. The smallest absolute Gasteiger partial charge is 0.410 e. The van der Waals surface area contributed by atoms with E-state index >= 15 is 0 Å². The van der Waals surface area contributed by atoms with Crippen molar-refractivity contribution in [1.29, 1.82) is 0 Å². The van der Waals surface area contributed by atoms with Crippen molar-refractivity contribution < 1.29 is 18.8 Å². The Bertz CT molecular complexity index is 774. The van der Waals surface area contributed by atoms with Crippen LogP contribution in [0.4, 0.5) is 4.79 Å². The van der Waals surface area contributed by atoms with E-state index in [2.05, 4.69) is 5.16 Å². The number of fused-ring (bicyclic) bond motifs is 2. The van der Waals surface area contributed by atoms with Crippen LogP contribution in [0.25, 0.3) is 0 Å². The van der Waals surface area contributed by atoms with Gasteiger partial charge in [0, 0.05) is 29.5 Å². The maximum atomic E-state index is 12.7. The first-order valence-electron chi connectivity index (χ1n) is 12.5. The van der Waals surface area contributed by atoms with Gasteiger partial charge in [-0.3, -0.25) is 0 Å². The monoisotopic (exact) mass is 430 g/mol. The maximum Gasteiger partial charge on any atom is 0.410 e. The van der Waals surface area contributed by atoms with E-state index in [1.165, 1.54) is 56.2 Å². The van der Waals surface area contributed by atoms with Crippen molar-refractivity contribution in [2.45, 2.75) is 134 Å². The topological polar surface area (TPSA) is 64.8 Å².